The van der Waals surface area contributed by atoms with Gasteiger partial charge < -0.3 is 15.4 Å². The predicted octanol–water partition coefficient (Wildman–Crippen LogP) is 1.63. The van der Waals surface area contributed by atoms with Crippen LogP contribution in [0.2, 0.25) is 0 Å². The number of para-hydroxylation sites is 1. The Hall–Kier alpha value is -2.89. The molecule has 2 aromatic rings. The predicted molar refractivity (Wildman–Crippen MR) is 73.2 cm³/mol. The molecule has 0 atom stereocenters. The number of rotatable bonds is 3. The summed E-state index contributed by atoms with van der Waals surface area (Å²) in [5, 5.41) is 11.6. The summed E-state index contributed by atoms with van der Waals surface area (Å²) in [6, 6.07) is 7.29. The largest absolute Gasteiger partial charge is 0.478 e. The van der Waals surface area contributed by atoms with Crippen molar-refractivity contribution in [3.05, 3.63) is 63.6 Å². The molecule has 0 unspecified atom stereocenters. The number of anilines is 1. The van der Waals surface area contributed by atoms with Crippen molar-refractivity contribution in [2.45, 2.75) is 6.92 Å². The Bertz CT molecular complexity index is 734. The number of hydrogen-bond donors (Lipinski definition) is 3. The van der Waals surface area contributed by atoms with Gasteiger partial charge >= 0.3 is 5.97 Å². The maximum Gasteiger partial charge on any atom is 0.337 e. The summed E-state index contributed by atoms with van der Waals surface area (Å²) in [6.07, 6.45) is 1.35. The molecule has 1 heterocycles. The molecule has 102 valence electrons. The van der Waals surface area contributed by atoms with Gasteiger partial charge in [-0.3, -0.25) is 9.59 Å². The molecule has 0 spiro atoms. The number of nitrogens with one attached hydrogen (secondary N) is 2. The van der Waals surface area contributed by atoms with Crippen LogP contribution in [0.5, 0.6) is 0 Å². The zero-order valence-corrected chi connectivity index (χ0v) is 10.6. The fourth-order valence-corrected chi connectivity index (χ4v) is 1.78. The van der Waals surface area contributed by atoms with E-state index in [9.17, 15) is 14.4 Å². The molecule has 20 heavy (non-hydrogen) atoms. The molecular formula is C14H12N2O4. The van der Waals surface area contributed by atoms with Crippen LogP contribution in [0.25, 0.3) is 0 Å². The fraction of sp³-hybridized carbons (Fsp3) is 0.0714. The van der Waals surface area contributed by atoms with E-state index in [1.165, 1.54) is 18.3 Å². The third kappa shape index (κ3) is 2.74. The maximum atomic E-state index is 12.0. The van der Waals surface area contributed by atoms with Crippen molar-refractivity contribution in [3.8, 4) is 0 Å². The fourth-order valence-electron chi connectivity index (χ4n) is 1.78. The Balaban J connectivity index is 2.37. The maximum absolute atomic E-state index is 12.0. The van der Waals surface area contributed by atoms with Crippen LogP contribution in [0.15, 0.2) is 41.3 Å². The van der Waals surface area contributed by atoms with E-state index in [0.29, 0.717) is 5.56 Å². The van der Waals surface area contributed by atoms with Crippen LogP contribution in [0.3, 0.4) is 0 Å². The number of hydrogen-bond acceptors (Lipinski definition) is 3. The molecule has 6 nitrogen and oxygen atoms in total. The van der Waals surface area contributed by atoms with Gasteiger partial charge in [0.05, 0.1) is 11.3 Å². The third-order valence-corrected chi connectivity index (χ3v) is 2.78. The quantitative estimate of drug-likeness (QED) is 0.790. The minimum Gasteiger partial charge on any atom is -0.478 e. The first-order valence-corrected chi connectivity index (χ1v) is 5.82. The molecule has 1 aromatic carbocycles. The number of carboxylic acids is 1. The van der Waals surface area contributed by atoms with E-state index in [-0.39, 0.29) is 16.8 Å². The van der Waals surface area contributed by atoms with E-state index in [2.05, 4.69) is 10.3 Å². The summed E-state index contributed by atoms with van der Waals surface area (Å²) in [5.74, 6) is -1.66. The number of amides is 1. The highest BCUT2D eigenvalue weighted by Gasteiger charge is 2.15. The summed E-state index contributed by atoms with van der Waals surface area (Å²) in [5.41, 5.74) is 0.616. The molecule has 0 radical (unpaired) electrons. The molecule has 3 N–H and O–H groups in total. The normalized spacial score (nSPS) is 10.1. The summed E-state index contributed by atoms with van der Waals surface area (Å²) < 4.78 is 0. The van der Waals surface area contributed by atoms with Gasteiger partial charge in [-0.05, 0) is 24.6 Å². The van der Waals surface area contributed by atoms with Crippen LogP contribution in [-0.2, 0) is 0 Å². The van der Waals surface area contributed by atoms with E-state index in [0.717, 1.165) is 6.07 Å². The van der Waals surface area contributed by atoms with Crippen LogP contribution in [0.4, 0.5) is 5.69 Å². The summed E-state index contributed by atoms with van der Waals surface area (Å²) in [6.45, 7) is 1.69. The SMILES string of the molecule is Cc1cccc(C(=O)O)c1NC(=O)c1cc[nH]c(=O)c1. The summed E-state index contributed by atoms with van der Waals surface area (Å²) in [4.78, 5) is 36.7. The van der Waals surface area contributed by atoms with Crippen LogP contribution >= 0.6 is 0 Å². The Kier molecular flexibility index (Phi) is 3.65. The van der Waals surface area contributed by atoms with Crippen LogP contribution in [0, 0.1) is 6.92 Å². The first kappa shape index (κ1) is 13.5. The van der Waals surface area contributed by atoms with Gasteiger partial charge in [-0.1, -0.05) is 12.1 Å². The van der Waals surface area contributed by atoms with E-state index in [1.807, 2.05) is 0 Å². The minimum absolute atomic E-state index is 0.00295. The number of carboxylic acid groups (broad SMARTS) is 1. The number of carbonyl (C=O) groups excluding carboxylic acids is 1. The molecular weight excluding hydrogens is 260 g/mol. The number of aryl methyl sites for hydroxylation is 1. The Morgan fingerprint density at radius 2 is 2.00 bits per heavy atom. The van der Waals surface area contributed by atoms with Crippen LogP contribution < -0.4 is 10.9 Å². The van der Waals surface area contributed by atoms with E-state index >= 15 is 0 Å². The molecule has 6 heteroatoms. The number of aromatic nitrogens is 1. The minimum atomic E-state index is -1.13. The van der Waals surface area contributed by atoms with E-state index in [4.69, 9.17) is 5.11 Å². The Labute approximate surface area is 114 Å². The average molecular weight is 272 g/mol. The molecule has 0 bridgehead atoms. The molecule has 0 saturated carbocycles. The average Bonchev–Trinajstić information content (AvgIpc) is 2.40. The van der Waals surface area contributed by atoms with Crippen molar-refractivity contribution in [2.24, 2.45) is 0 Å². The lowest BCUT2D eigenvalue weighted by Crippen LogP contribution is -2.18. The number of aromatic carboxylic acids is 1. The lowest BCUT2D eigenvalue weighted by atomic mass is 10.1. The highest BCUT2D eigenvalue weighted by molar-refractivity contribution is 6.08. The molecule has 2 rings (SSSR count). The second kappa shape index (κ2) is 5.40. The highest BCUT2D eigenvalue weighted by atomic mass is 16.4. The van der Waals surface area contributed by atoms with Crippen molar-refractivity contribution in [3.63, 3.8) is 0 Å². The number of carbonyl (C=O) groups is 2. The number of benzene rings is 1. The molecule has 0 aliphatic heterocycles. The van der Waals surface area contributed by atoms with E-state index in [1.54, 1.807) is 19.1 Å². The third-order valence-electron chi connectivity index (χ3n) is 2.78. The van der Waals surface area contributed by atoms with Gasteiger partial charge in [-0.25, -0.2) is 4.79 Å². The summed E-state index contributed by atoms with van der Waals surface area (Å²) >= 11 is 0. The molecule has 1 amide bonds. The Morgan fingerprint density at radius 3 is 2.65 bits per heavy atom. The molecule has 0 fully saturated rings. The van der Waals surface area contributed by atoms with Crippen molar-refractivity contribution in [1.29, 1.82) is 0 Å². The first-order chi connectivity index (χ1) is 9.49. The zero-order chi connectivity index (χ0) is 14.7. The van der Waals surface area contributed by atoms with Gasteiger partial charge in [0.1, 0.15) is 0 Å². The van der Waals surface area contributed by atoms with Gasteiger partial charge in [0.2, 0.25) is 5.56 Å². The zero-order valence-electron chi connectivity index (χ0n) is 10.6. The van der Waals surface area contributed by atoms with Gasteiger partial charge in [0.15, 0.2) is 0 Å². The Morgan fingerprint density at radius 1 is 1.25 bits per heavy atom. The van der Waals surface area contributed by atoms with Crippen molar-refractivity contribution in [1.82, 2.24) is 4.98 Å². The second-order valence-corrected chi connectivity index (χ2v) is 4.20. The second-order valence-electron chi connectivity index (χ2n) is 4.20. The smallest absolute Gasteiger partial charge is 0.337 e. The lowest BCUT2D eigenvalue weighted by molar-refractivity contribution is 0.0698. The van der Waals surface area contributed by atoms with Crippen molar-refractivity contribution in [2.75, 3.05) is 5.32 Å². The van der Waals surface area contributed by atoms with Gasteiger partial charge in [-0.2, -0.15) is 0 Å². The number of aromatic amines is 1. The topological polar surface area (TPSA) is 99.3 Å². The first-order valence-electron chi connectivity index (χ1n) is 5.82. The van der Waals surface area contributed by atoms with E-state index < -0.39 is 17.4 Å². The monoisotopic (exact) mass is 272 g/mol. The highest BCUT2D eigenvalue weighted by Crippen LogP contribution is 2.21. The van der Waals surface area contributed by atoms with Crippen molar-refractivity contribution < 1.29 is 14.7 Å². The van der Waals surface area contributed by atoms with Crippen LogP contribution in [0.1, 0.15) is 26.3 Å². The lowest BCUT2D eigenvalue weighted by Gasteiger charge is -2.11. The molecule has 1 aromatic heterocycles. The van der Waals surface area contributed by atoms with Gasteiger partial charge in [0.25, 0.3) is 5.91 Å². The number of pyridine rings is 1. The number of H-pyrrole nitrogens is 1. The van der Waals surface area contributed by atoms with Crippen molar-refractivity contribution >= 4 is 17.6 Å². The summed E-state index contributed by atoms with van der Waals surface area (Å²) in [7, 11) is 0. The van der Waals surface area contributed by atoms with Gasteiger partial charge in [-0.15, -0.1) is 0 Å². The van der Waals surface area contributed by atoms with Crippen LogP contribution in [-0.4, -0.2) is 22.0 Å². The molecule has 0 aliphatic carbocycles. The van der Waals surface area contributed by atoms with Gasteiger partial charge in [0, 0.05) is 17.8 Å². The standard InChI is InChI=1S/C14H12N2O4/c1-8-3-2-4-10(14(19)20)12(8)16-13(18)9-5-6-15-11(17)7-9/h2-7H,1H3,(H,15,17)(H,16,18)(H,19,20). The molecule has 0 saturated heterocycles. The molecule has 0 aliphatic rings.